The van der Waals surface area contributed by atoms with Crippen LogP contribution in [-0.2, 0) is 4.74 Å². The Morgan fingerprint density at radius 3 is 3.29 bits per heavy atom. The molecule has 0 aliphatic carbocycles. The molecule has 0 spiro atoms. The van der Waals surface area contributed by atoms with Gasteiger partial charge in [-0.15, -0.1) is 0 Å². The Morgan fingerprint density at radius 2 is 2.29 bits per heavy atom. The molecule has 1 heteroatoms. The Kier molecular flexibility index (Phi) is 1.47. The standard InChI is InChI=1S/C6H10O/c1-2-4-6-7-5-3-1/h1-2H,3-6H2/i5D. The molecular weight excluding hydrogens is 88.1 g/mol. The zero-order chi connectivity index (χ0) is 5.82. The van der Waals surface area contributed by atoms with Gasteiger partial charge in [0, 0.05) is 0 Å². The monoisotopic (exact) mass is 99.1 g/mol. The first-order valence-electron chi connectivity index (χ1n) is 3.16. The van der Waals surface area contributed by atoms with Crippen LogP contribution in [0.2, 0.25) is 0 Å². The van der Waals surface area contributed by atoms with Crippen molar-refractivity contribution in [2.75, 3.05) is 13.2 Å². The molecule has 0 aromatic rings. The van der Waals surface area contributed by atoms with Gasteiger partial charge in [-0.1, -0.05) is 12.2 Å². The van der Waals surface area contributed by atoms with Gasteiger partial charge in [0.25, 0.3) is 0 Å². The highest BCUT2D eigenvalue weighted by Crippen LogP contribution is 1.95. The predicted molar refractivity (Wildman–Crippen MR) is 29.2 cm³/mol. The van der Waals surface area contributed by atoms with E-state index in [1.165, 1.54) is 0 Å². The summed E-state index contributed by atoms with van der Waals surface area (Å²) >= 11 is 0. The second-order valence-electron chi connectivity index (χ2n) is 1.53. The molecule has 1 aliphatic rings. The molecule has 0 fully saturated rings. The average molecular weight is 99.2 g/mol. The van der Waals surface area contributed by atoms with Crippen molar-refractivity contribution in [3.05, 3.63) is 12.2 Å². The molecule has 0 saturated heterocycles. The van der Waals surface area contributed by atoms with E-state index in [9.17, 15) is 0 Å². The maximum Gasteiger partial charge on any atom is 0.0570 e. The van der Waals surface area contributed by atoms with Gasteiger partial charge in [0.2, 0.25) is 0 Å². The van der Waals surface area contributed by atoms with Gasteiger partial charge < -0.3 is 4.74 Å². The molecule has 0 aromatic carbocycles. The van der Waals surface area contributed by atoms with E-state index in [2.05, 4.69) is 6.08 Å². The van der Waals surface area contributed by atoms with Crippen LogP contribution in [0, 0.1) is 0 Å². The van der Waals surface area contributed by atoms with E-state index in [1.54, 1.807) is 0 Å². The van der Waals surface area contributed by atoms with Gasteiger partial charge >= 0.3 is 0 Å². The van der Waals surface area contributed by atoms with Crippen LogP contribution < -0.4 is 0 Å². The SMILES string of the molecule is [2H]C1CC=CCCO1. The maximum absolute atomic E-state index is 7.14. The molecule has 1 heterocycles. The Balaban J connectivity index is 2.30. The molecule has 0 amide bonds. The highest BCUT2D eigenvalue weighted by atomic mass is 16.5. The van der Waals surface area contributed by atoms with Gasteiger partial charge in [-0.25, -0.2) is 0 Å². The quantitative estimate of drug-likeness (QED) is 0.416. The summed E-state index contributed by atoms with van der Waals surface area (Å²) in [7, 11) is 0. The molecule has 1 rings (SSSR count). The van der Waals surface area contributed by atoms with Crippen molar-refractivity contribution in [3.8, 4) is 0 Å². The minimum Gasteiger partial charge on any atom is -0.381 e. The largest absolute Gasteiger partial charge is 0.381 e. The minimum atomic E-state index is -0.311. The fourth-order valence-electron chi connectivity index (χ4n) is 0.557. The molecule has 0 N–H and O–H groups in total. The fourth-order valence-corrected chi connectivity index (χ4v) is 0.557. The van der Waals surface area contributed by atoms with Crippen molar-refractivity contribution in [3.63, 3.8) is 0 Å². The normalized spacial score (nSPS) is 34.3. The van der Waals surface area contributed by atoms with Crippen LogP contribution in [0.4, 0.5) is 0 Å². The van der Waals surface area contributed by atoms with E-state index in [0.717, 1.165) is 12.8 Å². The third-order valence-electron chi connectivity index (χ3n) is 0.919. The summed E-state index contributed by atoms with van der Waals surface area (Å²) in [6, 6.07) is 0. The fraction of sp³-hybridized carbons (Fsp3) is 0.667. The van der Waals surface area contributed by atoms with Gasteiger partial charge in [0.15, 0.2) is 0 Å². The Morgan fingerprint density at radius 1 is 1.43 bits per heavy atom. The molecular formula is C6H10O. The minimum absolute atomic E-state index is 0.311. The van der Waals surface area contributed by atoms with E-state index in [1.807, 2.05) is 6.08 Å². The molecule has 0 saturated carbocycles. The van der Waals surface area contributed by atoms with Crippen LogP contribution in [-0.4, -0.2) is 13.2 Å². The van der Waals surface area contributed by atoms with Gasteiger partial charge in [-0.05, 0) is 12.8 Å². The van der Waals surface area contributed by atoms with Crippen LogP contribution in [0.3, 0.4) is 0 Å². The van der Waals surface area contributed by atoms with Gasteiger partial charge in [-0.2, -0.15) is 0 Å². The van der Waals surface area contributed by atoms with E-state index >= 15 is 0 Å². The Hall–Kier alpha value is -0.300. The first-order chi connectivity index (χ1) is 3.89. The van der Waals surface area contributed by atoms with E-state index in [0.29, 0.717) is 6.61 Å². The lowest BCUT2D eigenvalue weighted by molar-refractivity contribution is 0.148. The van der Waals surface area contributed by atoms with Crippen molar-refractivity contribution in [2.45, 2.75) is 12.8 Å². The third-order valence-corrected chi connectivity index (χ3v) is 0.919. The highest BCUT2D eigenvalue weighted by Gasteiger charge is 1.87. The summed E-state index contributed by atoms with van der Waals surface area (Å²) in [6.07, 6.45) is 5.79. The molecule has 1 unspecified atom stereocenters. The van der Waals surface area contributed by atoms with E-state index in [4.69, 9.17) is 6.11 Å². The summed E-state index contributed by atoms with van der Waals surface area (Å²) in [5.74, 6) is 0. The van der Waals surface area contributed by atoms with Crippen molar-refractivity contribution in [2.24, 2.45) is 0 Å². The van der Waals surface area contributed by atoms with Crippen molar-refractivity contribution in [1.82, 2.24) is 0 Å². The average Bonchev–Trinajstić information content (AvgIpc) is 1.94. The topological polar surface area (TPSA) is 9.23 Å². The van der Waals surface area contributed by atoms with E-state index in [-0.39, 0.29) is 6.58 Å². The maximum atomic E-state index is 7.14. The molecule has 40 valence electrons. The van der Waals surface area contributed by atoms with Crippen molar-refractivity contribution >= 4 is 0 Å². The second kappa shape index (κ2) is 2.80. The summed E-state index contributed by atoms with van der Waals surface area (Å²) < 4.78 is 12.1. The number of ether oxygens (including phenoxy) is 1. The Labute approximate surface area is 45.4 Å². The third kappa shape index (κ3) is 1.74. The summed E-state index contributed by atoms with van der Waals surface area (Å²) in [5, 5.41) is 0. The summed E-state index contributed by atoms with van der Waals surface area (Å²) in [4.78, 5) is 0. The van der Waals surface area contributed by atoms with Crippen LogP contribution >= 0.6 is 0 Å². The highest BCUT2D eigenvalue weighted by molar-refractivity contribution is 4.82. The smallest absolute Gasteiger partial charge is 0.0570 e. The number of rotatable bonds is 0. The Bertz CT molecular complexity index is 90.5. The van der Waals surface area contributed by atoms with Gasteiger partial charge in [0.1, 0.15) is 0 Å². The zero-order valence-electron chi connectivity index (χ0n) is 5.26. The predicted octanol–water partition coefficient (Wildman–Crippen LogP) is 1.35. The first kappa shape index (κ1) is 3.67. The lowest BCUT2D eigenvalue weighted by Crippen LogP contribution is -1.89. The molecule has 7 heavy (non-hydrogen) atoms. The molecule has 0 radical (unpaired) electrons. The second-order valence-corrected chi connectivity index (χ2v) is 1.53. The van der Waals surface area contributed by atoms with Crippen molar-refractivity contribution in [1.29, 1.82) is 0 Å². The molecule has 1 atom stereocenters. The lowest BCUT2D eigenvalue weighted by Gasteiger charge is -1.91. The molecule has 0 aromatic heterocycles. The summed E-state index contributed by atoms with van der Waals surface area (Å²) in [6.45, 7) is 0.402. The zero-order valence-corrected chi connectivity index (χ0v) is 4.26. The van der Waals surface area contributed by atoms with Crippen LogP contribution in [0.25, 0.3) is 0 Å². The van der Waals surface area contributed by atoms with Gasteiger partial charge in [-0.3, -0.25) is 0 Å². The first-order valence-corrected chi connectivity index (χ1v) is 2.58. The molecule has 1 aliphatic heterocycles. The van der Waals surface area contributed by atoms with Crippen LogP contribution in [0.1, 0.15) is 14.2 Å². The van der Waals surface area contributed by atoms with Crippen LogP contribution in [0.5, 0.6) is 0 Å². The van der Waals surface area contributed by atoms with E-state index < -0.39 is 0 Å². The van der Waals surface area contributed by atoms with Crippen molar-refractivity contribution < 1.29 is 6.11 Å². The van der Waals surface area contributed by atoms with Crippen LogP contribution in [0.15, 0.2) is 12.2 Å². The van der Waals surface area contributed by atoms with Gasteiger partial charge in [0.05, 0.1) is 14.6 Å². The number of hydrogen-bond donors (Lipinski definition) is 0. The number of hydrogen-bond acceptors (Lipinski definition) is 1. The molecule has 1 nitrogen and oxygen atoms in total. The molecule has 0 bridgehead atoms. The summed E-state index contributed by atoms with van der Waals surface area (Å²) in [5.41, 5.74) is 0. The lowest BCUT2D eigenvalue weighted by atomic mass is 10.4.